The van der Waals surface area contributed by atoms with Crippen LogP contribution in [0.5, 0.6) is 5.75 Å². The van der Waals surface area contributed by atoms with Crippen LogP contribution >= 0.6 is 0 Å². The van der Waals surface area contributed by atoms with Crippen LogP contribution in [0, 0.1) is 6.92 Å². The van der Waals surface area contributed by atoms with Crippen LogP contribution in [-0.4, -0.2) is 39.1 Å². The topological polar surface area (TPSA) is 104 Å². The van der Waals surface area contributed by atoms with Crippen LogP contribution in [0.15, 0.2) is 39.6 Å². The summed E-state index contributed by atoms with van der Waals surface area (Å²) in [4.78, 5) is 24.3. The number of amides is 1. The highest BCUT2D eigenvalue weighted by Crippen LogP contribution is 2.19. The van der Waals surface area contributed by atoms with Crippen LogP contribution in [0.2, 0.25) is 0 Å². The molecule has 26 heavy (non-hydrogen) atoms. The molecular weight excluding hydrogens is 338 g/mol. The van der Waals surface area contributed by atoms with E-state index in [1.165, 1.54) is 9.25 Å². The van der Waals surface area contributed by atoms with E-state index in [9.17, 15) is 9.59 Å². The highest BCUT2D eigenvalue weighted by atomic mass is 16.5. The van der Waals surface area contributed by atoms with Crippen LogP contribution in [0.1, 0.15) is 16.2 Å². The maximum atomic E-state index is 12.3. The minimum Gasteiger partial charge on any atom is -0.497 e. The summed E-state index contributed by atoms with van der Waals surface area (Å²) < 4.78 is 12.8. The van der Waals surface area contributed by atoms with E-state index in [0.717, 1.165) is 11.3 Å². The summed E-state index contributed by atoms with van der Waals surface area (Å²) in [6.07, 6.45) is 0. The number of aryl methyl sites for hydroxylation is 1. The molecule has 3 aromatic rings. The number of nitrogens with one attached hydrogen (secondary N) is 1. The molecule has 136 valence electrons. The largest absolute Gasteiger partial charge is 0.497 e. The smallest absolute Gasteiger partial charge is 0.345 e. The van der Waals surface area contributed by atoms with Gasteiger partial charge in [0.25, 0.3) is 5.91 Å². The van der Waals surface area contributed by atoms with Crippen molar-refractivity contribution in [1.82, 2.24) is 24.8 Å². The molecule has 9 heteroatoms. The maximum absolute atomic E-state index is 12.3. The minimum atomic E-state index is -0.360. The molecule has 2 aromatic heterocycles. The first kappa shape index (κ1) is 17.5. The number of methoxy groups -OCH3 is 1. The van der Waals surface area contributed by atoms with E-state index in [4.69, 9.17) is 9.26 Å². The Morgan fingerprint density at radius 1 is 1.31 bits per heavy atom. The first-order valence-electron chi connectivity index (χ1n) is 7.99. The van der Waals surface area contributed by atoms with E-state index in [1.54, 1.807) is 39.3 Å². The summed E-state index contributed by atoms with van der Waals surface area (Å²) in [5, 5.41) is 10.7. The number of aromatic nitrogens is 4. The van der Waals surface area contributed by atoms with Gasteiger partial charge in [0, 0.05) is 25.2 Å². The fourth-order valence-electron chi connectivity index (χ4n) is 2.46. The molecular formula is C17H19N5O4. The Labute approximate surface area is 149 Å². The number of benzene rings is 1. The second kappa shape index (κ2) is 7.26. The Hall–Kier alpha value is -3.36. The fraction of sp³-hybridized carbons (Fsp3) is 0.294. The van der Waals surface area contributed by atoms with Crippen molar-refractivity contribution >= 4 is 5.91 Å². The van der Waals surface area contributed by atoms with E-state index in [1.807, 2.05) is 12.1 Å². The zero-order valence-electron chi connectivity index (χ0n) is 14.7. The zero-order valence-corrected chi connectivity index (χ0v) is 14.7. The Bertz CT molecular complexity index is 968. The third-order valence-electron chi connectivity index (χ3n) is 3.86. The quantitative estimate of drug-likeness (QED) is 0.705. The van der Waals surface area contributed by atoms with E-state index in [0.29, 0.717) is 11.6 Å². The molecule has 0 aliphatic carbocycles. The summed E-state index contributed by atoms with van der Waals surface area (Å²) in [5.41, 5.74) is 0.739. The van der Waals surface area contributed by atoms with Gasteiger partial charge in [0.15, 0.2) is 11.5 Å². The Balaban J connectivity index is 1.69. The van der Waals surface area contributed by atoms with Crippen LogP contribution in [0.25, 0.3) is 11.4 Å². The zero-order chi connectivity index (χ0) is 18.7. The van der Waals surface area contributed by atoms with Crippen molar-refractivity contribution in [2.24, 2.45) is 7.05 Å². The summed E-state index contributed by atoms with van der Waals surface area (Å²) in [6, 6.07) is 8.82. The Kier molecular flexibility index (Phi) is 4.87. The van der Waals surface area contributed by atoms with Gasteiger partial charge in [-0.2, -0.15) is 0 Å². The summed E-state index contributed by atoms with van der Waals surface area (Å²) in [5.74, 6) is 1.46. The molecule has 0 fully saturated rings. The first-order chi connectivity index (χ1) is 12.5. The van der Waals surface area contributed by atoms with Crippen molar-refractivity contribution in [2.75, 3.05) is 13.7 Å². The molecule has 3 rings (SSSR count). The van der Waals surface area contributed by atoms with Gasteiger partial charge in [-0.1, -0.05) is 5.16 Å². The van der Waals surface area contributed by atoms with Crippen LogP contribution < -0.4 is 15.7 Å². The molecule has 0 atom stereocenters. The molecule has 1 aromatic carbocycles. The minimum absolute atomic E-state index is 0.204. The maximum Gasteiger partial charge on any atom is 0.345 e. The molecule has 0 saturated carbocycles. The van der Waals surface area contributed by atoms with Gasteiger partial charge >= 0.3 is 5.69 Å². The first-order valence-corrected chi connectivity index (χ1v) is 7.99. The lowest BCUT2D eigenvalue weighted by molar-refractivity contribution is 0.0942. The number of hydrogen-bond donors (Lipinski definition) is 1. The number of carbonyl (C=O) groups excluding carboxylic acids is 1. The van der Waals surface area contributed by atoms with Crippen LogP contribution in [0.4, 0.5) is 0 Å². The Morgan fingerprint density at radius 3 is 2.65 bits per heavy atom. The molecule has 1 amide bonds. The lowest BCUT2D eigenvalue weighted by atomic mass is 10.2. The molecule has 2 heterocycles. The summed E-state index contributed by atoms with van der Waals surface area (Å²) in [6.45, 7) is 2.19. The third kappa shape index (κ3) is 3.51. The second-order valence-electron chi connectivity index (χ2n) is 5.70. The molecule has 0 spiro atoms. The van der Waals surface area contributed by atoms with Crippen molar-refractivity contribution in [3.05, 3.63) is 52.3 Å². The number of ether oxygens (including phenoxy) is 1. The van der Waals surface area contributed by atoms with E-state index >= 15 is 0 Å². The van der Waals surface area contributed by atoms with Gasteiger partial charge in [0.1, 0.15) is 11.5 Å². The SMILES string of the molecule is COc1ccc(-c2nn(CCNC(=O)c3cc(C)on3)c(=O)n2C)cc1. The van der Waals surface area contributed by atoms with Crippen LogP contribution in [-0.2, 0) is 13.6 Å². The lowest BCUT2D eigenvalue weighted by Crippen LogP contribution is -2.31. The third-order valence-corrected chi connectivity index (χ3v) is 3.86. The average Bonchev–Trinajstić information content (AvgIpc) is 3.20. The normalized spacial score (nSPS) is 10.7. The van der Waals surface area contributed by atoms with E-state index < -0.39 is 0 Å². The molecule has 0 radical (unpaired) electrons. The highest BCUT2D eigenvalue weighted by Gasteiger charge is 2.14. The number of rotatable bonds is 6. The van der Waals surface area contributed by atoms with Crippen molar-refractivity contribution in [3.63, 3.8) is 0 Å². The summed E-state index contributed by atoms with van der Waals surface area (Å²) >= 11 is 0. The predicted molar refractivity (Wildman–Crippen MR) is 93.0 cm³/mol. The average molecular weight is 357 g/mol. The number of hydrogen-bond acceptors (Lipinski definition) is 6. The van der Waals surface area contributed by atoms with Gasteiger partial charge in [-0.25, -0.2) is 9.48 Å². The van der Waals surface area contributed by atoms with Gasteiger partial charge in [-0.15, -0.1) is 5.10 Å². The van der Waals surface area contributed by atoms with Crippen LogP contribution in [0.3, 0.4) is 0 Å². The fourth-order valence-corrected chi connectivity index (χ4v) is 2.46. The molecule has 0 aliphatic rings. The summed E-state index contributed by atoms with van der Waals surface area (Å²) in [7, 11) is 3.25. The lowest BCUT2D eigenvalue weighted by Gasteiger charge is -2.02. The highest BCUT2D eigenvalue weighted by molar-refractivity contribution is 5.92. The monoisotopic (exact) mass is 357 g/mol. The number of carbonyl (C=O) groups is 1. The second-order valence-corrected chi connectivity index (χ2v) is 5.70. The molecule has 9 nitrogen and oxygen atoms in total. The van der Waals surface area contributed by atoms with Gasteiger partial charge in [-0.05, 0) is 31.2 Å². The van der Waals surface area contributed by atoms with Crippen molar-refractivity contribution in [2.45, 2.75) is 13.5 Å². The number of nitrogens with zero attached hydrogens (tertiary/aromatic N) is 4. The van der Waals surface area contributed by atoms with Crippen molar-refractivity contribution < 1.29 is 14.1 Å². The van der Waals surface area contributed by atoms with Crippen molar-refractivity contribution in [3.8, 4) is 17.1 Å². The van der Waals surface area contributed by atoms with Gasteiger partial charge in [0.2, 0.25) is 0 Å². The van der Waals surface area contributed by atoms with Gasteiger partial charge in [0.05, 0.1) is 13.7 Å². The molecule has 0 saturated heterocycles. The van der Waals surface area contributed by atoms with Gasteiger partial charge in [-0.3, -0.25) is 9.36 Å². The van der Waals surface area contributed by atoms with Crippen molar-refractivity contribution in [1.29, 1.82) is 0 Å². The van der Waals surface area contributed by atoms with E-state index in [-0.39, 0.29) is 30.4 Å². The van der Waals surface area contributed by atoms with Gasteiger partial charge < -0.3 is 14.6 Å². The molecule has 1 N–H and O–H groups in total. The molecule has 0 bridgehead atoms. The standard InChI is InChI=1S/C17H19N5O4/c1-11-10-14(20-26-11)16(23)18-8-9-22-17(24)21(2)15(19-22)12-4-6-13(25-3)7-5-12/h4-7,10H,8-9H2,1-3H3,(H,18,23). The predicted octanol–water partition coefficient (Wildman–Crippen LogP) is 0.984. The Morgan fingerprint density at radius 2 is 2.04 bits per heavy atom. The molecule has 0 aliphatic heterocycles. The molecule has 0 unspecified atom stereocenters. The van der Waals surface area contributed by atoms with E-state index in [2.05, 4.69) is 15.6 Å².